The molecule has 0 aliphatic rings. The first kappa shape index (κ1) is 12.4. The maximum atomic E-state index is 11.5. The lowest BCUT2D eigenvalue weighted by atomic mass is 9.98. The van der Waals surface area contributed by atoms with E-state index in [1.807, 2.05) is 27.8 Å². The molecule has 1 rings (SSSR count). The molecule has 88 valence electrons. The first-order chi connectivity index (χ1) is 7.41. The Bertz CT molecular complexity index is 346. The Labute approximate surface area is 95.5 Å². The van der Waals surface area contributed by atoms with Gasteiger partial charge in [-0.25, -0.2) is 9.97 Å². The molecule has 0 aliphatic heterocycles. The number of rotatable bonds is 3. The van der Waals surface area contributed by atoms with Crippen molar-refractivity contribution in [3.63, 3.8) is 0 Å². The van der Waals surface area contributed by atoms with E-state index < -0.39 is 5.41 Å². The lowest BCUT2D eigenvalue weighted by Crippen LogP contribution is -2.29. The molecule has 0 bridgehead atoms. The van der Waals surface area contributed by atoms with Crippen molar-refractivity contribution in [1.29, 1.82) is 0 Å². The molecule has 0 unspecified atom stereocenters. The minimum absolute atomic E-state index is 0.198. The maximum Gasteiger partial charge on any atom is 0.312 e. The van der Waals surface area contributed by atoms with Crippen LogP contribution < -0.4 is 4.90 Å². The Hall–Kier alpha value is -1.65. The highest BCUT2D eigenvalue weighted by atomic mass is 16.5. The molecule has 1 heterocycles. The van der Waals surface area contributed by atoms with Crippen LogP contribution in [0.2, 0.25) is 0 Å². The number of anilines is 1. The summed E-state index contributed by atoms with van der Waals surface area (Å²) in [5.74, 6) is -0.226. The number of aromatic nitrogens is 2. The van der Waals surface area contributed by atoms with E-state index in [1.54, 1.807) is 17.3 Å². The summed E-state index contributed by atoms with van der Waals surface area (Å²) in [6, 6.07) is 0. The van der Waals surface area contributed by atoms with Crippen LogP contribution in [0.5, 0.6) is 0 Å². The van der Waals surface area contributed by atoms with E-state index in [9.17, 15) is 4.79 Å². The average molecular weight is 223 g/mol. The Balaban J connectivity index is 2.48. The number of carbonyl (C=O) groups excluding carboxylic acids is 1. The molecule has 0 radical (unpaired) electrons. The predicted molar refractivity (Wildman–Crippen MR) is 60.8 cm³/mol. The molecule has 0 aromatic carbocycles. The Morgan fingerprint density at radius 2 is 1.94 bits per heavy atom. The predicted octanol–water partition coefficient (Wildman–Crippen LogP) is 1.46. The largest absolute Gasteiger partial charge is 0.444 e. The molecule has 0 spiro atoms. The van der Waals surface area contributed by atoms with Crippen molar-refractivity contribution in [2.24, 2.45) is 5.41 Å². The van der Waals surface area contributed by atoms with Gasteiger partial charge in [0.1, 0.15) is 6.33 Å². The lowest BCUT2D eigenvalue weighted by molar-refractivity contribution is -0.152. The molecule has 0 N–H and O–H groups in total. The highest BCUT2D eigenvalue weighted by molar-refractivity contribution is 5.75. The van der Waals surface area contributed by atoms with Crippen LogP contribution in [-0.2, 0) is 9.53 Å². The van der Waals surface area contributed by atoms with Crippen molar-refractivity contribution < 1.29 is 9.53 Å². The van der Waals surface area contributed by atoms with Gasteiger partial charge in [0.25, 0.3) is 0 Å². The summed E-state index contributed by atoms with van der Waals surface area (Å²) in [6.07, 6.45) is 4.79. The van der Waals surface area contributed by atoms with Gasteiger partial charge in [0, 0.05) is 7.05 Å². The van der Waals surface area contributed by atoms with Crippen LogP contribution in [0, 0.1) is 5.41 Å². The van der Waals surface area contributed by atoms with E-state index in [-0.39, 0.29) is 12.7 Å². The summed E-state index contributed by atoms with van der Waals surface area (Å²) in [7, 11) is 1.81. The molecule has 0 aliphatic carbocycles. The zero-order chi connectivity index (χ0) is 12.2. The molecule has 16 heavy (non-hydrogen) atoms. The number of carbonyl (C=O) groups is 1. The summed E-state index contributed by atoms with van der Waals surface area (Å²) < 4.78 is 5.15. The van der Waals surface area contributed by atoms with Crippen LogP contribution in [-0.4, -0.2) is 29.7 Å². The van der Waals surface area contributed by atoms with Crippen molar-refractivity contribution in [3.8, 4) is 0 Å². The number of nitrogens with zero attached hydrogens (tertiary/aromatic N) is 3. The van der Waals surface area contributed by atoms with E-state index >= 15 is 0 Å². The van der Waals surface area contributed by atoms with Gasteiger partial charge in [-0.2, -0.15) is 0 Å². The van der Waals surface area contributed by atoms with Gasteiger partial charge >= 0.3 is 5.97 Å². The van der Waals surface area contributed by atoms with Crippen LogP contribution in [0.25, 0.3) is 0 Å². The quantitative estimate of drug-likeness (QED) is 0.573. The lowest BCUT2D eigenvalue weighted by Gasteiger charge is -2.22. The summed E-state index contributed by atoms with van der Waals surface area (Å²) in [5.41, 5.74) is 0.331. The number of ether oxygens (including phenoxy) is 1. The van der Waals surface area contributed by atoms with E-state index in [1.165, 1.54) is 6.33 Å². The summed E-state index contributed by atoms with van der Waals surface area (Å²) in [5, 5.41) is 0. The van der Waals surface area contributed by atoms with Gasteiger partial charge in [0.15, 0.2) is 6.73 Å². The SMILES string of the molecule is CN(COC(=O)C(C)(C)C)c1cncnc1. The molecule has 1 aromatic heterocycles. The summed E-state index contributed by atoms with van der Waals surface area (Å²) >= 11 is 0. The Morgan fingerprint density at radius 3 is 2.44 bits per heavy atom. The van der Waals surface area contributed by atoms with Crippen LogP contribution >= 0.6 is 0 Å². The highest BCUT2D eigenvalue weighted by Crippen LogP contribution is 2.16. The van der Waals surface area contributed by atoms with Crippen LogP contribution in [0.4, 0.5) is 5.69 Å². The molecule has 0 atom stereocenters. The highest BCUT2D eigenvalue weighted by Gasteiger charge is 2.23. The van der Waals surface area contributed by atoms with Crippen molar-refractivity contribution in [2.45, 2.75) is 20.8 Å². The zero-order valence-corrected chi connectivity index (χ0v) is 10.1. The molecular formula is C11H17N3O2. The fourth-order valence-electron chi connectivity index (χ4n) is 0.935. The van der Waals surface area contributed by atoms with Crippen molar-refractivity contribution in [3.05, 3.63) is 18.7 Å². The average Bonchev–Trinajstić information content (AvgIpc) is 2.25. The number of esters is 1. The first-order valence-corrected chi connectivity index (χ1v) is 5.04. The molecule has 5 nitrogen and oxygen atoms in total. The van der Waals surface area contributed by atoms with Gasteiger partial charge in [-0.05, 0) is 20.8 Å². The Morgan fingerprint density at radius 1 is 1.38 bits per heavy atom. The first-order valence-electron chi connectivity index (χ1n) is 5.04. The van der Waals surface area contributed by atoms with E-state index in [0.717, 1.165) is 5.69 Å². The fraction of sp³-hybridized carbons (Fsp3) is 0.545. The van der Waals surface area contributed by atoms with Crippen molar-refractivity contribution >= 4 is 11.7 Å². The van der Waals surface area contributed by atoms with Gasteiger partial charge < -0.3 is 9.64 Å². The van der Waals surface area contributed by atoms with E-state index in [2.05, 4.69) is 9.97 Å². The van der Waals surface area contributed by atoms with Gasteiger partial charge in [-0.1, -0.05) is 0 Å². The second-order valence-electron chi connectivity index (χ2n) is 4.61. The summed E-state index contributed by atoms with van der Waals surface area (Å²) in [4.78, 5) is 21.1. The molecular weight excluding hydrogens is 206 g/mol. The molecule has 1 aromatic rings. The maximum absolute atomic E-state index is 11.5. The third kappa shape index (κ3) is 3.49. The molecule has 0 fully saturated rings. The van der Waals surface area contributed by atoms with Crippen LogP contribution in [0.15, 0.2) is 18.7 Å². The fourth-order valence-corrected chi connectivity index (χ4v) is 0.935. The summed E-state index contributed by atoms with van der Waals surface area (Å²) in [6.45, 7) is 5.66. The van der Waals surface area contributed by atoms with Gasteiger partial charge in [0.05, 0.1) is 23.5 Å². The normalized spacial score (nSPS) is 11.0. The van der Waals surface area contributed by atoms with Gasteiger partial charge in [0.2, 0.25) is 0 Å². The minimum Gasteiger partial charge on any atom is -0.444 e. The zero-order valence-electron chi connectivity index (χ0n) is 10.1. The Kier molecular flexibility index (Phi) is 3.82. The second kappa shape index (κ2) is 4.92. The molecule has 0 amide bonds. The van der Waals surface area contributed by atoms with E-state index in [4.69, 9.17) is 4.74 Å². The third-order valence-corrected chi connectivity index (χ3v) is 1.99. The van der Waals surface area contributed by atoms with Crippen molar-refractivity contribution in [1.82, 2.24) is 9.97 Å². The van der Waals surface area contributed by atoms with Gasteiger partial charge in [-0.3, -0.25) is 4.79 Å². The van der Waals surface area contributed by atoms with E-state index in [0.29, 0.717) is 0 Å². The second-order valence-corrected chi connectivity index (χ2v) is 4.61. The number of hydrogen-bond acceptors (Lipinski definition) is 5. The number of hydrogen-bond donors (Lipinski definition) is 0. The van der Waals surface area contributed by atoms with Crippen LogP contribution in [0.3, 0.4) is 0 Å². The molecule has 0 saturated carbocycles. The smallest absolute Gasteiger partial charge is 0.312 e. The minimum atomic E-state index is -0.478. The standard InChI is InChI=1S/C11H17N3O2/c1-11(2,3)10(15)16-8-14(4)9-5-12-7-13-6-9/h5-7H,8H2,1-4H3. The third-order valence-electron chi connectivity index (χ3n) is 1.99. The topological polar surface area (TPSA) is 55.3 Å². The monoisotopic (exact) mass is 223 g/mol. The molecule has 5 heteroatoms. The van der Waals surface area contributed by atoms with Crippen LogP contribution in [0.1, 0.15) is 20.8 Å². The van der Waals surface area contributed by atoms with Gasteiger partial charge in [-0.15, -0.1) is 0 Å². The molecule has 0 saturated heterocycles. The van der Waals surface area contributed by atoms with Crippen molar-refractivity contribution in [2.75, 3.05) is 18.7 Å².